The van der Waals surface area contributed by atoms with Crippen molar-refractivity contribution in [2.24, 2.45) is 17.7 Å². The van der Waals surface area contributed by atoms with Crippen LogP contribution in [0, 0.1) is 11.8 Å². The maximum absolute atomic E-state index is 5.99. The first-order valence-corrected chi connectivity index (χ1v) is 7.26. The molecule has 0 saturated heterocycles. The summed E-state index contributed by atoms with van der Waals surface area (Å²) in [5.74, 6) is 7.08. The molecule has 0 aromatic heterocycles. The molecule has 0 aliphatic heterocycles. The van der Waals surface area contributed by atoms with E-state index < -0.39 is 0 Å². The van der Waals surface area contributed by atoms with E-state index in [4.69, 9.17) is 10.6 Å². The fraction of sp³-hybridized carbons (Fsp3) is 1.00. The molecule has 2 unspecified atom stereocenters. The molecule has 102 valence electrons. The van der Waals surface area contributed by atoms with Crippen molar-refractivity contribution in [3.8, 4) is 0 Å². The number of hydrogen-bond acceptors (Lipinski definition) is 3. The molecule has 0 heterocycles. The molecular formula is C14H30N2O. The van der Waals surface area contributed by atoms with Gasteiger partial charge < -0.3 is 4.74 Å². The fourth-order valence-corrected chi connectivity index (χ4v) is 3.04. The smallest absolute Gasteiger partial charge is 0.0769 e. The summed E-state index contributed by atoms with van der Waals surface area (Å²) in [4.78, 5) is 0. The standard InChI is InChI=1S/C14H30N2O/c1-4-17-14(12-8-6-5-7-9-12)13(16-15)10-11(2)3/h11-14,16H,4-10,15H2,1-3H3. The van der Waals surface area contributed by atoms with E-state index in [-0.39, 0.29) is 0 Å². The molecule has 3 heteroatoms. The van der Waals surface area contributed by atoms with Gasteiger partial charge >= 0.3 is 0 Å². The van der Waals surface area contributed by atoms with Gasteiger partial charge in [0.25, 0.3) is 0 Å². The van der Waals surface area contributed by atoms with Gasteiger partial charge in [0.15, 0.2) is 0 Å². The van der Waals surface area contributed by atoms with Crippen molar-refractivity contribution in [2.45, 2.75) is 71.4 Å². The lowest BCUT2D eigenvalue weighted by atomic mass is 9.81. The minimum absolute atomic E-state index is 0.299. The Bertz CT molecular complexity index is 191. The van der Waals surface area contributed by atoms with Gasteiger partial charge in [-0.05, 0) is 38.0 Å². The van der Waals surface area contributed by atoms with E-state index in [1.807, 2.05) is 0 Å². The first-order chi connectivity index (χ1) is 8.19. The Hall–Kier alpha value is -0.120. The third kappa shape index (κ3) is 4.94. The highest BCUT2D eigenvalue weighted by molar-refractivity contribution is 4.84. The first-order valence-electron chi connectivity index (χ1n) is 7.26. The molecule has 1 aliphatic carbocycles. The lowest BCUT2D eigenvalue weighted by Crippen LogP contribution is -2.49. The number of hydrogen-bond donors (Lipinski definition) is 2. The largest absolute Gasteiger partial charge is 0.377 e. The van der Waals surface area contributed by atoms with E-state index in [1.165, 1.54) is 32.1 Å². The molecule has 17 heavy (non-hydrogen) atoms. The van der Waals surface area contributed by atoms with Crippen molar-refractivity contribution in [1.29, 1.82) is 0 Å². The second kappa shape index (κ2) is 8.06. The Kier molecular flexibility index (Phi) is 7.09. The summed E-state index contributed by atoms with van der Waals surface area (Å²) in [6.07, 6.45) is 8.10. The molecule has 0 aromatic rings. The van der Waals surface area contributed by atoms with Crippen LogP contribution in [-0.4, -0.2) is 18.8 Å². The monoisotopic (exact) mass is 242 g/mol. The number of hydrazine groups is 1. The number of nitrogens with one attached hydrogen (secondary N) is 1. The molecular weight excluding hydrogens is 212 g/mol. The highest BCUT2D eigenvalue weighted by Gasteiger charge is 2.30. The summed E-state index contributed by atoms with van der Waals surface area (Å²) in [5, 5.41) is 0. The SMILES string of the molecule is CCOC(C1CCCCC1)C(CC(C)C)NN. The van der Waals surface area contributed by atoms with E-state index in [0.717, 1.165) is 13.0 Å². The zero-order valence-corrected chi connectivity index (χ0v) is 11.7. The molecule has 0 bridgehead atoms. The maximum atomic E-state index is 5.99. The van der Waals surface area contributed by atoms with Crippen LogP contribution in [0.5, 0.6) is 0 Å². The van der Waals surface area contributed by atoms with Crippen LogP contribution in [0.2, 0.25) is 0 Å². The van der Waals surface area contributed by atoms with Gasteiger partial charge in [0.2, 0.25) is 0 Å². The van der Waals surface area contributed by atoms with E-state index in [0.29, 0.717) is 24.0 Å². The van der Waals surface area contributed by atoms with Gasteiger partial charge in [-0.1, -0.05) is 33.1 Å². The molecule has 1 aliphatic rings. The van der Waals surface area contributed by atoms with Crippen LogP contribution in [0.4, 0.5) is 0 Å². The molecule has 1 saturated carbocycles. The van der Waals surface area contributed by atoms with E-state index in [1.54, 1.807) is 0 Å². The number of nitrogens with two attached hydrogens (primary N) is 1. The summed E-state index contributed by atoms with van der Waals surface area (Å²) in [6.45, 7) is 7.36. The maximum Gasteiger partial charge on any atom is 0.0769 e. The van der Waals surface area contributed by atoms with Crippen LogP contribution in [-0.2, 0) is 4.74 Å². The third-order valence-electron chi connectivity index (χ3n) is 3.81. The molecule has 1 fully saturated rings. The van der Waals surface area contributed by atoms with E-state index in [2.05, 4.69) is 26.2 Å². The van der Waals surface area contributed by atoms with Crippen LogP contribution in [0.25, 0.3) is 0 Å². The first kappa shape index (κ1) is 14.9. The zero-order valence-electron chi connectivity index (χ0n) is 11.7. The minimum Gasteiger partial charge on any atom is -0.377 e. The van der Waals surface area contributed by atoms with Gasteiger partial charge in [0.1, 0.15) is 0 Å². The summed E-state index contributed by atoms with van der Waals surface area (Å²) < 4.78 is 5.99. The topological polar surface area (TPSA) is 47.3 Å². The van der Waals surface area contributed by atoms with Crippen molar-refractivity contribution in [3.63, 3.8) is 0 Å². The molecule has 0 aromatic carbocycles. The lowest BCUT2D eigenvalue weighted by Gasteiger charge is -2.36. The van der Waals surface area contributed by atoms with Crippen molar-refractivity contribution < 1.29 is 4.74 Å². The molecule has 0 amide bonds. The fourth-order valence-electron chi connectivity index (χ4n) is 3.04. The average molecular weight is 242 g/mol. The van der Waals surface area contributed by atoms with Gasteiger partial charge in [0, 0.05) is 12.6 Å². The van der Waals surface area contributed by atoms with E-state index >= 15 is 0 Å². The Morgan fingerprint density at radius 3 is 2.35 bits per heavy atom. The minimum atomic E-state index is 0.299. The predicted octanol–water partition coefficient (Wildman–Crippen LogP) is 2.85. The quantitative estimate of drug-likeness (QED) is 0.533. The van der Waals surface area contributed by atoms with Crippen LogP contribution >= 0.6 is 0 Å². The van der Waals surface area contributed by atoms with Crippen molar-refractivity contribution >= 4 is 0 Å². The normalized spacial score (nSPS) is 21.7. The Morgan fingerprint density at radius 1 is 1.24 bits per heavy atom. The molecule has 0 spiro atoms. The highest BCUT2D eigenvalue weighted by atomic mass is 16.5. The van der Waals surface area contributed by atoms with Gasteiger partial charge in [-0.15, -0.1) is 0 Å². The predicted molar refractivity (Wildman–Crippen MR) is 72.6 cm³/mol. The molecule has 1 rings (SSSR count). The molecule has 2 atom stereocenters. The number of rotatable bonds is 7. The van der Waals surface area contributed by atoms with Crippen LogP contribution in [0.15, 0.2) is 0 Å². The highest BCUT2D eigenvalue weighted by Crippen LogP contribution is 2.30. The van der Waals surface area contributed by atoms with Crippen LogP contribution < -0.4 is 11.3 Å². The van der Waals surface area contributed by atoms with Crippen molar-refractivity contribution in [1.82, 2.24) is 5.43 Å². The third-order valence-corrected chi connectivity index (χ3v) is 3.81. The molecule has 3 nitrogen and oxygen atoms in total. The van der Waals surface area contributed by atoms with Gasteiger partial charge in [-0.25, -0.2) is 0 Å². The van der Waals surface area contributed by atoms with E-state index in [9.17, 15) is 0 Å². The Labute approximate surface area is 106 Å². The lowest BCUT2D eigenvalue weighted by molar-refractivity contribution is -0.0218. The summed E-state index contributed by atoms with van der Waals surface area (Å²) >= 11 is 0. The van der Waals surface area contributed by atoms with Gasteiger partial charge in [-0.2, -0.15) is 0 Å². The zero-order chi connectivity index (χ0) is 12.7. The second-order valence-corrected chi connectivity index (χ2v) is 5.72. The number of ether oxygens (including phenoxy) is 1. The molecule has 3 N–H and O–H groups in total. The van der Waals surface area contributed by atoms with Gasteiger partial charge in [0.05, 0.1) is 6.10 Å². The Balaban J connectivity index is 2.59. The van der Waals surface area contributed by atoms with Crippen LogP contribution in [0.1, 0.15) is 59.3 Å². The van der Waals surface area contributed by atoms with Crippen LogP contribution in [0.3, 0.4) is 0 Å². The summed E-state index contributed by atoms with van der Waals surface area (Å²) in [7, 11) is 0. The van der Waals surface area contributed by atoms with Crippen molar-refractivity contribution in [2.75, 3.05) is 6.61 Å². The molecule has 0 radical (unpaired) electrons. The van der Waals surface area contributed by atoms with Gasteiger partial charge in [-0.3, -0.25) is 11.3 Å². The Morgan fingerprint density at radius 2 is 1.88 bits per heavy atom. The summed E-state index contributed by atoms with van der Waals surface area (Å²) in [5.41, 5.74) is 2.99. The average Bonchev–Trinajstić information content (AvgIpc) is 2.34. The summed E-state index contributed by atoms with van der Waals surface area (Å²) in [6, 6.07) is 0.304. The second-order valence-electron chi connectivity index (χ2n) is 5.72. The van der Waals surface area contributed by atoms with Crippen molar-refractivity contribution in [3.05, 3.63) is 0 Å².